The topological polar surface area (TPSA) is 16.1 Å². The summed E-state index contributed by atoms with van der Waals surface area (Å²) >= 11 is 5.51. The van der Waals surface area contributed by atoms with Gasteiger partial charge in [0.2, 0.25) is 0 Å². The summed E-state index contributed by atoms with van der Waals surface area (Å²) in [7, 11) is 0. The highest BCUT2D eigenvalue weighted by atomic mass is 35.5. The third-order valence-electron chi connectivity index (χ3n) is 2.50. The number of anilines is 1. The number of piperidine rings is 1. The third kappa shape index (κ3) is 1.98. The van der Waals surface area contributed by atoms with Crippen molar-refractivity contribution in [3.8, 4) is 0 Å². The molecule has 0 N–H and O–H groups in total. The van der Waals surface area contributed by atoms with Crippen molar-refractivity contribution in [1.29, 1.82) is 0 Å². The highest BCUT2D eigenvalue weighted by Crippen LogP contribution is 2.22. The van der Waals surface area contributed by atoms with Crippen molar-refractivity contribution in [2.45, 2.75) is 19.3 Å². The highest BCUT2D eigenvalue weighted by molar-refractivity contribution is 6.29. The van der Waals surface area contributed by atoms with Crippen molar-refractivity contribution in [2.75, 3.05) is 18.0 Å². The molecule has 1 aromatic rings. The van der Waals surface area contributed by atoms with Crippen LogP contribution < -0.4 is 4.90 Å². The Balaban J connectivity index is 2.18. The lowest BCUT2D eigenvalue weighted by Crippen LogP contribution is -2.29. The van der Waals surface area contributed by atoms with Gasteiger partial charge in [0.05, 0.1) is 11.9 Å². The molecule has 76 valence electrons. The van der Waals surface area contributed by atoms with Crippen molar-refractivity contribution in [3.63, 3.8) is 0 Å². The SMILES string of the molecule is Fc1cc(N2CCCCC2)cnc1Cl. The van der Waals surface area contributed by atoms with Gasteiger partial charge in [0.15, 0.2) is 11.0 Å². The molecular weight excluding hydrogens is 203 g/mol. The summed E-state index contributed by atoms with van der Waals surface area (Å²) in [6.45, 7) is 1.98. The number of rotatable bonds is 1. The van der Waals surface area contributed by atoms with Gasteiger partial charge >= 0.3 is 0 Å². The number of nitrogens with zero attached hydrogens (tertiary/aromatic N) is 2. The first-order chi connectivity index (χ1) is 6.77. The van der Waals surface area contributed by atoms with Gasteiger partial charge in [-0.2, -0.15) is 0 Å². The lowest BCUT2D eigenvalue weighted by atomic mass is 10.1. The van der Waals surface area contributed by atoms with E-state index in [4.69, 9.17) is 11.6 Å². The summed E-state index contributed by atoms with van der Waals surface area (Å²) in [5, 5.41) is -0.0502. The van der Waals surface area contributed by atoms with E-state index in [1.807, 2.05) is 0 Å². The Morgan fingerprint density at radius 1 is 1.29 bits per heavy atom. The van der Waals surface area contributed by atoms with E-state index in [2.05, 4.69) is 9.88 Å². The van der Waals surface area contributed by atoms with Crippen molar-refractivity contribution in [1.82, 2.24) is 4.98 Å². The molecule has 0 aromatic carbocycles. The second-order valence-electron chi connectivity index (χ2n) is 3.51. The zero-order valence-electron chi connectivity index (χ0n) is 7.84. The first-order valence-corrected chi connectivity index (χ1v) is 5.21. The Kier molecular flexibility index (Phi) is 2.87. The molecule has 1 fully saturated rings. The van der Waals surface area contributed by atoms with Crippen LogP contribution >= 0.6 is 11.6 Å². The molecule has 0 spiro atoms. The number of hydrogen-bond acceptors (Lipinski definition) is 2. The summed E-state index contributed by atoms with van der Waals surface area (Å²) in [5.74, 6) is -0.435. The van der Waals surface area contributed by atoms with E-state index in [1.165, 1.54) is 25.3 Å². The second kappa shape index (κ2) is 4.13. The number of aromatic nitrogens is 1. The fourth-order valence-electron chi connectivity index (χ4n) is 1.74. The lowest BCUT2D eigenvalue weighted by Gasteiger charge is -2.28. The molecule has 0 atom stereocenters. The van der Waals surface area contributed by atoms with Crippen LogP contribution in [0.4, 0.5) is 10.1 Å². The predicted molar refractivity (Wildman–Crippen MR) is 55.3 cm³/mol. The van der Waals surface area contributed by atoms with Crippen LogP contribution in [0.5, 0.6) is 0 Å². The second-order valence-corrected chi connectivity index (χ2v) is 3.87. The fourth-order valence-corrected chi connectivity index (χ4v) is 1.84. The Hall–Kier alpha value is -0.830. The molecule has 0 saturated carbocycles. The Labute approximate surface area is 87.7 Å². The van der Waals surface area contributed by atoms with E-state index < -0.39 is 5.82 Å². The summed E-state index contributed by atoms with van der Waals surface area (Å²) in [5.41, 5.74) is 0.839. The van der Waals surface area contributed by atoms with Crippen LogP contribution in [0, 0.1) is 5.82 Å². The summed E-state index contributed by atoms with van der Waals surface area (Å²) < 4.78 is 13.1. The van der Waals surface area contributed by atoms with Crippen LogP contribution in [0.3, 0.4) is 0 Å². The Morgan fingerprint density at radius 2 is 2.00 bits per heavy atom. The van der Waals surface area contributed by atoms with Crippen LogP contribution in [0.25, 0.3) is 0 Å². The van der Waals surface area contributed by atoms with Crippen molar-refractivity contribution >= 4 is 17.3 Å². The maximum absolute atomic E-state index is 13.1. The molecule has 1 aliphatic rings. The van der Waals surface area contributed by atoms with Gasteiger partial charge in [-0.1, -0.05) is 11.6 Å². The maximum Gasteiger partial charge on any atom is 0.164 e. The summed E-state index contributed by atoms with van der Waals surface area (Å²) in [4.78, 5) is 5.95. The van der Waals surface area contributed by atoms with E-state index in [0.717, 1.165) is 18.8 Å². The molecule has 4 heteroatoms. The average molecular weight is 215 g/mol. The molecule has 0 aliphatic carbocycles. The van der Waals surface area contributed by atoms with E-state index in [1.54, 1.807) is 6.20 Å². The van der Waals surface area contributed by atoms with Gasteiger partial charge in [0.1, 0.15) is 0 Å². The summed E-state index contributed by atoms with van der Waals surface area (Å²) in [6, 6.07) is 1.46. The normalized spacial score (nSPS) is 17.1. The monoisotopic (exact) mass is 214 g/mol. The third-order valence-corrected chi connectivity index (χ3v) is 2.78. The minimum absolute atomic E-state index is 0.0502. The minimum Gasteiger partial charge on any atom is -0.370 e. The van der Waals surface area contributed by atoms with Gasteiger partial charge < -0.3 is 4.90 Å². The quantitative estimate of drug-likeness (QED) is 0.669. The van der Waals surface area contributed by atoms with Crippen LogP contribution in [0.2, 0.25) is 5.15 Å². The Morgan fingerprint density at radius 3 is 2.64 bits per heavy atom. The number of pyridine rings is 1. The summed E-state index contributed by atoms with van der Waals surface area (Å²) in [6.07, 6.45) is 5.24. The van der Waals surface area contributed by atoms with Gasteiger partial charge in [-0.25, -0.2) is 9.37 Å². The van der Waals surface area contributed by atoms with Gasteiger partial charge in [0, 0.05) is 19.2 Å². The molecule has 2 nitrogen and oxygen atoms in total. The molecule has 1 aromatic heterocycles. The number of halogens is 2. The van der Waals surface area contributed by atoms with Crippen LogP contribution in [-0.4, -0.2) is 18.1 Å². The zero-order chi connectivity index (χ0) is 9.97. The Bertz CT molecular complexity index is 324. The van der Waals surface area contributed by atoms with Crippen LogP contribution in [0.1, 0.15) is 19.3 Å². The molecule has 1 aliphatic heterocycles. The van der Waals surface area contributed by atoms with Crippen molar-refractivity contribution in [3.05, 3.63) is 23.2 Å². The maximum atomic E-state index is 13.1. The minimum atomic E-state index is -0.435. The molecule has 0 radical (unpaired) electrons. The molecule has 1 saturated heterocycles. The highest BCUT2D eigenvalue weighted by Gasteiger charge is 2.12. The van der Waals surface area contributed by atoms with E-state index in [0.29, 0.717) is 0 Å². The molecular formula is C10H12ClFN2. The average Bonchev–Trinajstić information content (AvgIpc) is 2.23. The predicted octanol–water partition coefficient (Wildman–Crippen LogP) is 2.86. The lowest BCUT2D eigenvalue weighted by molar-refractivity contribution is 0.572. The fraction of sp³-hybridized carbons (Fsp3) is 0.500. The first kappa shape index (κ1) is 9.71. The first-order valence-electron chi connectivity index (χ1n) is 4.83. The van der Waals surface area contributed by atoms with Crippen LogP contribution in [-0.2, 0) is 0 Å². The molecule has 14 heavy (non-hydrogen) atoms. The van der Waals surface area contributed by atoms with E-state index >= 15 is 0 Å². The smallest absolute Gasteiger partial charge is 0.164 e. The number of hydrogen-bond donors (Lipinski definition) is 0. The molecule has 2 heterocycles. The molecule has 0 unspecified atom stereocenters. The molecule has 0 bridgehead atoms. The van der Waals surface area contributed by atoms with E-state index in [9.17, 15) is 4.39 Å². The zero-order valence-corrected chi connectivity index (χ0v) is 8.60. The van der Waals surface area contributed by atoms with Crippen molar-refractivity contribution in [2.24, 2.45) is 0 Å². The molecule has 2 rings (SSSR count). The standard InChI is InChI=1S/C10H12ClFN2/c11-10-9(12)6-8(7-13-10)14-4-2-1-3-5-14/h6-7H,1-5H2. The molecule has 0 amide bonds. The van der Waals surface area contributed by atoms with Crippen molar-refractivity contribution < 1.29 is 4.39 Å². The van der Waals surface area contributed by atoms with Gasteiger partial charge in [-0.05, 0) is 19.3 Å². The van der Waals surface area contributed by atoms with Gasteiger partial charge in [-0.15, -0.1) is 0 Å². The van der Waals surface area contributed by atoms with E-state index in [-0.39, 0.29) is 5.15 Å². The van der Waals surface area contributed by atoms with Crippen LogP contribution in [0.15, 0.2) is 12.3 Å². The van der Waals surface area contributed by atoms with Gasteiger partial charge in [0.25, 0.3) is 0 Å². The van der Waals surface area contributed by atoms with Gasteiger partial charge in [-0.3, -0.25) is 0 Å². The largest absolute Gasteiger partial charge is 0.370 e.